The first-order valence-corrected chi connectivity index (χ1v) is 6.80. The number of methoxy groups -OCH3 is 1. The van der Waals surface area contributed by atoms with Gasteiger partial charge < -0.3 is 9.47 Å². The van der Waals surface area contributed by atoms with Crippen molar-refractivity contribution in [2.75, 3.05) is 13.7 Å². The van der Waals surface area contributed by atoms with Crippen LogP contribution in [0.3, 0.4) is 0 Å². The molecular weight excluding hydrogens is 212 g/mol. The highest BCUT2D eigenvalue weighted by Crippen LogP contribution is 2.44. The molecule has 0 saturated carbocycles. The van der Waals surface area contributed by atoms with E-state index in [0.717, 1.165) is 13.0 Å². The van der Waals surface area contributed by atoms with Crippen LogP contribution in [0.25, 0.3) is 0 Å². The van der Waals surface area contributed by atoms with Gasteiger partial charge in [-0.15, -0.1) is 0 Å². The van der Waals surface area contributed by atoms with Gasteiger partial charge in [-0.25, -0.2) is 0 Å². The predicted octanol–water partition coefficient (Wildman–Crippen LogP) is 3.89. The van der Waals surface area contributed by atoms with Crippen LogP contribution in [0.1, 0.15) is 54.4 Å². The van der Waals surface area contributed by atoms with Crippen molar-refractivity contribution in [3.8, 4) is 0 Å². The summed E-state index contributed by atoms with van der Waals surface area (Å²) in [6.45, 7) is 14.6. The molecule has 0 aliphatic carbocycles. The molecule has 2 unspecified atom stereocenters. The van der Waals surface area contributed by atoms with E-state index in [1.54, 1.807) is 7.11 Å². The topological polar surface area (TPSA) is 18.5 Å². The van der Waals surface area contributed by atoms with E-state index >= 15 is 0 Å². The van der Waals surface area contributed by atoms with Crippen LogP contribution >= 0.6 is 0 Å². The maximum Gasteiger partial charge on any atom is 0.0812 e. The first-order chi connectivity index (χ1) is 7.66. The molecule has 1 fully saturated rings. The maximum absolute atomic E-state index is 6.31. The largest absolute Gasteiger partial charge is 0.382 e. The lowest BCUT2D eigenvalue weighted by Gasteiger charge is -2.48. The normalized spacial score (nSPS) is 31.6. The molecule has 1 heterocycles. The monoisotopic (exact) mass is 242 g/mol. The van der Waals surface area contributed by atoms with Gasteiger partial charge in [-0.3, -0.25) is 0 Å². The van der Waals surface area contributed by atoms with Crippen LogP contribution in [0, 0.1) is 16.7 Å². The van der Waals surface area contributed by atoms with E-state index in [1.165, 1.54) is 6.42 Å². The van der Waals surface area contributed by atoms with Crippen molar-refractivity contribution in [3.63, 3.8) is 0 Å². The van der Waals surface area contributed by atoms with E-state index in [4.69, 9.17) is 9.47 Å². The Morgan fingerprint density at radius 3 is 2.00 bits per heavy atom. The zero-order valence-corrected chi connectivity index (χ0v) is 12.7. The van der Waals surface area contributed by atoms with Crippen molar-refractivity contribution in [1.29, 1.82) is 0 Å². The Bertz CT molecular complexity index is 234. The van der Waals surface area contributed by atoms with Crippen LogP contribution in [-0.4, -0.2) is 25.9 Å². The molecule has 3 atom stereocenters. The van der Waals surface area contributed by atoms with Crippen molar-refractivity contribution in [2.45, 2.75) is 66.6 Å². The van der Waals surface area contributed by atoms with Gasteiger partial charge in [0.2, 0.25) is 0 Å². The average molecular weight is 242 g/mol. The molecule has 0 bridgehead atoms. The van der Waals surface area contributed by atoms with Crippen molar-refractivity contribution in [1.82, 2.24) is 0 Å². The van der Waals surface area contributed by atoms with E-state index in [2.05, 4.69) is 41.5 Å². The smallest absolute Gasteiger partial charge is 0.0812 e. The molecule has 0 amide bonds. The minimum absolute atomic E-state index is 0.199. The Balaban J connectivity index is 2.80. The molecule has 1 saturated heterocycles. The fraction of sp³-hybridized carbons (Fsp3) is 1.00. The van der Waals surface area contributed by atoms with E-state index in [9.17, 15) is 0 Å². The summed E-state index contributed by atoms with van der Waals surface area (Å²) in [6, 6.07) is 0. The fourth-order valence-electron chi connectivity index (χ4n) is 2.89. The molecule has 1 rings (SSSR count). The Kier molecular flexibility index (Phi) is 4.65. The van der Waals surface area contributed by atoms with Gasteiger partial charge in [0.25, 0.3) is 0 Å². The summed E-state index contributed by atoms with van der Waals surface area (Å²) < 4.78 is 11.5. The molecule has 1 aliphatic heterocycles. The third-order valence-corrected chi connectivity index (χ3v) is 3.82. The molecule has 0 radical (unpaired) electrons. The summed E-state index contributed by atoms with van der Waals surface area (Å²) in [5.74, 6) is 0.635. The first kappa shape index (κ1) is 15.0. The fourth-order valence-corrected chi connectivity index (χ4v) is 2.89. The molecule has 102 valence electrons. The zero-order chi connectivity index (χ0) is 13.3. The second-order valence-electron chi connectivity index (χ2n) is 7.55. The Hall–Kier alpha value is -0.0800. The van der Waals surface area contributed by atoms with Gasteiger partial charge in [-0.1, -0.05) is 41.5 Å². The highest BCUT2D eigenvalue weighted by Gasteiger charge is 2.43. The van der Waals surface area contributed by atoms with Crippen molar-refractivity contribution in [2.24, 2.45) is 16.7 Å². The summed E-state index contributed by atoms with van der Waals surface area (Å²) in [4.78, 5) is 0. The Labute approximate surface area is 107 Å². The number of rotatable bonds is 2. The third-order valence-electron chi connectivity index (χ3n) is 3.82. The van der Waals surface area contributed by atoms with Crippen LogP contribution in [0.2, 0.25) is 0 Å². The predicted molar refractivity (Wildman–Crippen MR) is 72.2 cm³/mol. The highest BCUT2D eigenvalue weighted by atomic mass is 16.5. The summed E-state index contributed by atoms with van der Waals surface area (Å²) in [6.07, 6.45) is 2.99. The lowest BCUT2D eigenvalue weighted by molar-refractivity contribution is -0.166. The van der Waals surface area contributed by atoms with Crippen LogP contribution in [-0.2, 0) is 9.47 Å². The molecule has 2 nitrogen and oxygen atoms in total. The maximum atomic E-state index is 6.31. The lowest BCUT2D eigenvalue weighted by atomic mass is 9.66. The molecule has 0 aromatic heterocycles. The summed E-state index contributed by atoms with van der Waals surface area (Å²) in [5, 5.41) is 0. The summed E-state index contributed by atoms with van der Waals surface area (Å²) in [5.41, 5.74) is 0.514. The van der Waals surface area contributed by atoms with E-state index in [1.807, 2.05) is 0 Å². The average Bonchev–Trinajstić information content (AvgIpc) is 2.15. The molecule has 0 aromatic rings. The quantitative estimate of drug-likeness (QED) is 0.731. The van der Waals surface area contributed by atoms with Gasteiger partial charge in [-0.2, -0.15) is 0 Å². The first-order valence-electron chi connectivity index (χ1n) is 6.80. The van der Waals surface area contributed by atoms with Crippen LogP contribution in [0.5, 0.6) is 0 Å². The van der Waals surface area contributed by atoms with Crippen molar-refractivity contribution in [3.05, 3.63) is 0 Å². The Morgan fingerprint density at radius 1 is 1.00 bits per heavy atom. The second-order valence-corrected chi connectivity index (χ2v) is 7.55. The van der Waals surface area contributed by atoms with E-state index < -0.39 is 0 Å². The molecule has 2 heteroatoms. The van der Waals surface area contributed by atoms with E-state index in [0.29, 0.717) is 17.4 Å². The van der Waals surface area contributed by atoms with Crippen molar-refractivity contribution >= 4 is 0 Å². The Morgan fingerprint density at radius 2 is 1.59 bits per heavy atom. The van der Waals surface area contributed by atoms with Gasteiger partial charge in [-0.05, 0) is 29.6 Å². The molecule has 0 N–H and O–H groups in total. The lowest BCUT2D eigenvalue weighted by Crippen LogP contribution is -2.48. The SMILES string of the molecule is COCC1CC[C@H](C(C)(C)C)C(C(C)(C)C)O1. The van der Waals surface area contributed by atoms with Crippen LogP contribution in [0.15, 0.2) is 0 Å². The summed E-state index contributed by atoms with van der Waals surface area (Å²) in [7, 11) is 1.76. The summed E-state index contributed by atoms with van der Waals surface area (Å²) >= 11 is 0. The minimum Gasteiger partial charge on any atom is -0.382 e. The van der Waals surface area contributed by atoms with Crippen molar-refractivity contribution < 1.29 is 9.47 Å². The second kappa shape index (κ2) is 5.27. The third kappa shape index (κ3) is 3.96. The minimum atomic E-state index is 0.199. The molecule has 0 aromatic carbocycles. The van der Waals surface area contributed by atoms with Crippen LogP contribution < -0.4 is 0 Å². The number of ether oxygens (including phenoxy) is 2. The van der Waals surface area contributed by atoms with Crippen LogP contribution in [0.4, 0.5) is 0 Å². The molecular formula is C15H30O2. The van der Waals surface area contributed by atoms with Gasteiger partial charge in [0.15, 0.2) is 0 Å². The van der Waals surface area contributed by atoms with Gasteiger partial charge >= 0.3 is 0 Å². The molecule has 0 spiro atoms. The van der Waals surface area contributed by atoms with Gasteiger partial charge in [0.1, 0.15) is 0 Å². The molecule has 17 heavy (non-hydrogen) atoms. The molecule has 1 aliphatic rings. The number of hydrogen-bond donors (Lipinski definition) is 0. The zero-order valence-electron chi connectivity index (χ0n) is 12.7. The van der Waals surface area contributed by atoms with E-state index in [-0.39, 0.29) is 11.5 Å². The van der Waals surface area contributed by atoms with Gasteiger partial charge in [0.05, 0.1) is 18.8 Å². The van der Waals surface area contributed by atoms with Gasteiger partial charge in [0, 0.05) is 7.11 Å². The number of hydrogen-bond acceptors (Lipinski definition) is 2. The standard InChI is InChI=1S/C15H30O2/c1-14(2,3)12-9-8-11(10-16-7)17-13(12)15(4,5)6/h11-13H,8-10H2,1-7H3/t11?,12-,13?/m0/s1. The highest BCUT2D eigenvalue weighted by molar-refractivity contribution is 4.92.